The molecule has 0 bridgehead atoms. The summed E-state index contributed by atoms with van der Waals surface area (Å²) >= 11 is 0. The third-order valence-corrected chi connectivity index (χ3v) is 4.01. The fraction of sp³-hybridized carbons (Fsp3) is 1.00. The fourth-order valence-corrected chi connectivity index (χ4v) is 2.89. The molecule has 0 spiro atoms. The first-order chi connectivity index (χ1) is 6.96. The molecule has 96 valence electrons. The summed E-state index contributed by atoms with van der Waals surface area (Å²) in [6, 6.07) is 0. The second-order valence-corrected chi connectivity index (χ2v) is 4.74. The van der Waals surface area contributed by atoms with E-state index in [0.717, 1.165) is 0 Å². The molecule has 0 saturated heterocycles. The summed E-state index contributed by atoms with van der Waals surface area (Å²) in [5, 5.41) is 0. The smallest absolute Gasteiger partial charge is 0.170 e. The second kappa shape index (κ2) is 3.29. The zero-order chi connectivity index (χ0) is 13.0. The topological polar surface area (TPSA) is 0 Å². The summed E-state index contributed by atoms with van der Waals surface area (Å²) < 4.78 is 76.3. The molecule has 1 atom stereocenters. The van der Waals surface area contributed by atoms with Crippen LogP contribution >= 0.6 is 0 Å². The minimum Gasteiger partial charge on any atom is -0.170 e. The minimum atomic E-state index is -5.22. The molecular weight excluding hydrogens is 234 g/mol. The van der Waals surface area contributed by atoms with Gasteiger partial charge >= 0.3 is 12.4 Å². The molecule has 0 aromatic heterocycles. The zero-order valence-electron chi connectivity index (χ0n) is 9.26. The summed E-state index contributed by atoms with van der Waals surface area (Å²) in [5.74, 6) is -0.638. The van der Waals surface area contributed by atoms with Crippen LogP contribution in [0.3, 0.4) is 0 Å². The standard InChI is InChI=1S/C10H14F6/c1-4-7(6(2)3)5-8(7,9(11,12)13)10(14,15)16/h6H,4-5H2,1-3H3. The molecule has 16 heavy (non-hydrogen) atoms. The molecule has 1 aliphatic carbocycles. The molecule has 0 nitrogen and oxygen atoms in total. The lowest BCUT2D eigenvalue weighted by atomic mass is 9.80. The van der Waals surface area contributed by atoms with E-state index in [9.17, 15) is 26.3 Å². The van der Waals surface area contributed by atoms with Gasteiger partial charge in [-0.1, -0.05) is 20.8 Å². The van der Waals surface area contributed by atoms with Gasteiger partial charge in [0.05, 0.1) is 0 Å². The second-order valence-electron chi connectivity index (χ2n) is 4.74. The van der Waals surface area contributed by atoms with Crippen molar-refractivity contribution in [1.29, 1.82) is 0 Å². The molecule has 0 N–H and O–H groups in total. The van der Waals surface area contributed by atoms with E-state index in [2.05, 4.69) is 0 Å². The van der Waals surface area contributed by atoms with Gasteiger partial charge in [0.1, 0.15) is 0 Å². The molecule has 0 aliphatic heterocycles. The predicted octanol–water partition coefficient (Wildman–Crippen LogP) is 4.55. The van der Waals surface area contributed by atoms with E-state index in [1.807, 2.05) is 0 Å². The Morgan fingerprint density at radius 2 is 1.38 bits per heavy atom. The van der Waals surface area contributed by atoms with E-state index >= 15 is 0 Å². The van der Waals surface area contributed by atoms with Crippen molar-refractivity contribution in [3.63, 3.8) is 0 Å². The Balaban J connectivity index is 3.25. The largest absolute Gasteiger partial charge is 0.403 e. The predicted molar refractivity (Wildman–Crippen MR) is 46.7 cm³/mol. The molecule has 0 aromatic rings. The third-order valence-electron chi connectivity index (χ3n) is 4.01. The highest BCUT2D eigenvalue weighted by molar-refractivity contribution is 5.22. The Kier molecular flexibility index (Phi) is 2.81. The monoisotopic (exact) mass is 248 g/mol. The van der Waals surface area contributed by atoms with E-state index in [4.69, 9.17) is 0 Å². The first-order valence-electron chi connectivity index (χ1n) is 5.10. The van der Waals surface area contributed by atoms with Crippen LogP contribution in [0.1, 0.15) is 33.6 Å². The minimum absolute atomic E-state index is 0.107. The Labute approximate surface area is 90.0 Å². The summed E-state index contributed by atoms with van der Waals surface area (Å²) in [6.45, 7) is 4.23. The first-order valence-corrected chi connectivity index (χ1v) is 5.10. The van der Waals surface area contributed by atoms with Crippen molar-refractivity contribution < 1.29 is 26.3 Å². The third kappa shape index (κ3) is 1.37. The molecule has 1 unspecified atom stereocenters. The normalized spacial score (nSPS) is 29.6. The van der Waals surface area contributed by atoms with Crippen molar-refractivity contribution in [3.05, 3.63) is 0 Å². The molecule has 1 rings (SSSR count). The Morgan fingerprint density at radius 3 is 1.44 bits per heavy atom. The van der Waals surface area contributed by atoms with Gasteiger partial charge in [-0.15, -0.1) is 0 Å². The van der Waals surface area contributed by atoms with Gasteiger partial charge in [0, 0.05) is 0 Å². The summed E-state index contributed by atoms with van der Waals surface area (Å²) in [6.07, 6.45) is -11.4. The first kappa shape index (κ1) is 13.6. The van der Waals surface area contributed by atoms with Crippen LogP contribution in [0.4, 0.5) is 26.3 Å². The number of alkyl halides is 6. The molecule has 1 saturated carbocycles. The molecule has 6 heteroatoms. The highest BCUT2D eigenvalue weighted by Crippen LogP contribution is 2.80. The van der Waals surface area contributed by atoms with Gasteiger partial charge in [-0.3, -0.25) is 0 Å². The SMILES string of the molecule is CCC1(C(C)C)CC1(C(F)(F)F)C(F)(F)F. The van der Waals surface area contributed by atoms with Crippen LogP contribution in [0.25, 0.3) is 0 Å². The Bertz CT molecular complexity index is 260. The average Bonchev–Trinajstić information content (AvgIpc) is 2.72. The van der Waals surface area contributed by atoms with E-state index in [-0.39, 0.29) is 6.42 Å². The van der Waals surface area contributed by atoms with Crippen LogP contribution in [0.15, 0.2) is 0 Å². The lowest BCUT2D eigenvalue weighted by Gasteiger charge is -2.31. The highest BCUT2D eigenvalue weighted by Gasteiger charge is 2.90. The maximum Gasteiger partial charge on any atom is 0.403 e. The van der Waals surface area contributed by atoms with Gasteiger partial charge in [0.2, 0.25) is 0 Å². The molecule has 0 radical (unpaired) electrons. The Hall–Kier alpha value is -0.420. The maximum atomic E-state index is 12.7. The van der Waals surface area contributed by atoms with Crippen molar-refractivity contribution in [3.8, 4) is 0 Å². The summed E-state index contributed by atoms with van der Waals surface area (Å²) in [5.41, 5.74) is -5.17. The van der Waals surface area contributed by atoms with Crippen molar-refractivity contribution in [1.82, 2.24) is 0 Å². The summed E-state index contributed by atoms with van der Waals surface area (Å²) in [4.78, 5) is 0. The Morgan fingerprint density at radius 1 is 1.00 bits per heavy atom. The number of hydrogen-bond acceptors (Lipinski definition) is 0. The molecule has 1 aliphatic rings. The van der Waals surface area contributed by atoms with Gasteiger partial charge < -0.3 is 0 Å². The molecular formula is C10H14F6. The zero-order valence-corrected chi connectivity index (χ0v) is 9.26. The lowest BCUT2D eigenvalue weighted by molar-refractivity contribution is -0.315. The molecule has 0 amide bonds. The number of rotatable bonds is 2. The van der Waals surface area contributed by atoms with E-state index in [1.165, 1.54) is 20.8 Å². The number of halogens is 6. The van der Waals surface area contributed by atoms with Gasteiger partial charge in [0.15, 0.2) is 5.41 Å². The van der Waals surface area contributed by atoms with Crippen molar-refractivity contribution >= 4 is 0 Å². The van der Waals surface area contributed by atoms with Gasteiger partial charge in [-0.05, 0) is 24.2 Å². The number of hydrogen-bond donors (Lipinski definition) is 0. The van der Waals surface area contributed by atoms with Crippen molar-refractivity contribution in [2.24, 2.45) is 16.7 Å². The summed E-state index contributed by atoms with van der Waals surface area (Å²) in [7, 11) is 0. The quantitative estimate of drug-likeness (QED) is 0.629. The lowest BCUT2D eigenvalue weighted by Crippen LogP contribution is -2.44. The van der Waals surface area contributed by atoms with Crippen LogP contribution < -0.4 is 0 Å². The highest BCUT2D eigenvalue weighted by atomic mass is 19.4. The van der Waals surface area contributed by atoms with Gasteiger partial charge in [-0.25, -0.2) is 0 Å². The molecule has 0 aromatic carbocycles. The van der Waals surface area contributed by atoms with Crippen LogP contribution in [-0.2, 0) is 0 Å². The van der Waals surface area contributed by atoms with Gasteiger partial charge in [-0.2, -0.15) is 26.3 Å². The van der Waals surface area contributed by atoms with E-state index in [1.54, 1.807) is 0 Å². The average molecular weight is 248 g/mol. The van der Waals surface area contributed by atoms with Crippen LogP contribution in [0, 0.1) is 16.7 Å². The van der Waals surface area contributed by atoms with Crippen LogP contribution in [0.2, 0.25) is 0 Å². The van der Waals surface area contributed by atoms with E-state index in [0.29, 0.717) is 0 Å². The van der Waals surface area contributed by atoms with E-state index < -0.39 is 35.5 Å². The van der Waals surface area contributed by atoms with Crippen LogP contribution in [-0.4, -0.2) is 12.4 Å². The molecule has 0 heterocycles. The molecule has 1 fully saturated rings. The van der Waals surface area contributed by atoms with Crippen molar-refractivity contribution in [2.75, 3.05) is 0 Å². The maximum absolute atomic E-state index is 12.7. The van der Waals surface area contributed by atoms with Crippen molar-refractivity contribution in [2.45, 2.75) is 46.0 Å². The van der Waals surface area contributed by atoms with Gasteiger partial charge in [0.25, 0.3) is 0 Å². The van der Waals surface area contributed by atoms with Crippen LogP contribution in [0.5, 0.6) is 0 Å². The fourth-order valence-electron chi connectivity index (χ4n) is 2.89.